The lowest BCUT2D eigenvalue weighted by Gasteiger charge is -2.25. The molecule has 1 N–H and O–H groups in total. The topological polar surface area (TPSA) is 28.2 Å². The van der Waals surface area contributed by atoms with Gasteiger partial charge >= 0.3 is 0 Å². The van der Waals surface area contributed by atoms with Gasteiger partial charge in [-0.1, -0.05) is 6.07 Å². The minimum atomic E-state index is -0.215. The molecule has 0 spiro atoms. The molecule has 21 heavy (non-hydrogen) atoms. The van der Waals surface area contributed by atoms with Crippen LogP contribution in [0.5, 0.6) is 0 Å². The van der Waals surface area contributed by atoms with Crippen molar-refractivity contribution in [3.63, 3.8) is 0 Å². The molecule has 110 valence electrons. The van der Waals surface area contributed by atoms with E-state index < -0.39 is 0 Å². The maximum atomic E-state index is 13.5. The fourth-order valence-corrected chi connectivity index (χ4v) is 2.49. The predicted octanol–water partition coefficient (Wildman–Crippen LogP) is 3.63. The maximum Gasteiger partial charge on any atom is 0.125 e. The first-order chi connectivity index (χ1) is 10.3. The second-order valence-corrected chi connectivity index (χ2v) is 5.38. The summed E-state index contributed by atoms with van der Waals surface area (Å²) in [6.45, 7) is 3.66. The highest BCUT2D eigenvalue weighted by Gasteiger charge is 2.21. The Labute approximate surface area is 124 Å². The lowest BCUT2D eigenvalue weighted by molar-refractivity contribution is 0.627. The van der Waals surface area contributed by atoms with E-state index >= 15 is 0 Å². The summed E-state index contributed by atoms with van der Waals surface area (Å²) in [7, 11) is 0. The fourth-order valence-electron chi connectivity index (χ4n) is 2.49. The Balaban J connectivity index is 1.88. The van der Waals surface area contributed by atoms with Crippen molar-refractivity contribution in [3.05, 3.63) is 54.1 Å². The number of nitrogens with one attached hydrogen (secondary N) is 1. The summed E-state index contributed by atoms with van der Waals surface area (Å²) in [6.07, 6.45) is 6.20. The normalized spacial score (nSPS) is 14.2. The van der Waals surface area contributed by atoms with E-state index in [-0.39, 0.29) is 5.82 Å². The van der Waals surface area contributed by atoms with Crippen LogP contribution in [-0.4, -0.2) is 17.6 Å². The molecule has 1 saturated carbocycles. The molecule has 1 aliphatic carbocycles. The van der Waals surface area contributed by atoms with Gasteiger partial charge in [0.1, 0.15) is 5.82 Å². The van der Waals surface area contributed by atoms with E-state index in [1.165, 1.54) is 24.5 Å². The number of rotatable bonds is 6. The van der Waals surface area contributed by atoms with Crippen LogP contribution >= 0.6 is 0 Å². The molecule has 1 aromatic carbocycles. The Kier molecular flexibility index (Phi) is 4.15. The van der Waals surface area contributed by atoms with Gasteiger partial charge in [0.15, 0.2) is 0 Å². The molecule has 0 amide bonds. The van der Waals surface area contributed by atoms with Crippen molar-refractivity contribution >= 4 is 11.4 Å². The van der Waals surface area contributed by atoms with Crippen molar-refractivity contribution < 1.29 is 4.39 Å². The Hall–Kier alpha value is -1.94. The zero-order chi connectivity index (χ0) is 14.7. The number of halogens is 1. The smallest absolute Gasteiger partial charge is 0.125 e. The van der Waals surface area contributed by atoms with Gasteiger partial charge in [0, 0.05) is 31.0 Å². The van der Waals surface area contributed by atoms with E-state index in [0.29, 0.717) is 6.04 Å². The summed E-state index contributed by atoms with van der Waals surface area (Å²) >= 11 is 0. The number of anilines is 2. The SMILES string of the molecule is CCN(c1cccc(F)c1)c1cnccc1CNC1CC1. The standard InChI is InChI=1S/C17H20FN3/c1-2-21(16-5-3-4-14(18)10-16)17-12-19-9-8-13(17)11-20-15-6-7-15/h3-5,8-10,12,15,20H,2,6-7,11H2,1H3. The van der Waals surface area contributed by atoms with Crippen molar-refractivity contribution in [2.45, 2.75) is 32.4 Å². The molecule has 1 fully saturated rings. The van der Waals surface area contributed by atoms with E-state index in [9.17, 15) is 4.39 Å². The first kappa shape index (κ1) is 14.0. The minimum Gasteiger partial charge on any atom is -0.340 e. The van der Waals surface area contributed by atoms with Crippen LogP contribution in [-0.2, 0) is 6.54 Å². The lowest BCUT2D eigenvalue weighted by atomic mass is 10.1. The molecule has 3 rings (SSSR count). The van der Waals surface area contributed by atoms with Gasteiger partial charge in [-0.2, -0.15) is 0 Å². The Morgan fingerprint density at radius 1 is 1.33 bits per heavy atom. The van der Waals surface area contributed by atoms with E-state index in [4.69, 9.17) is 0 Å². The number of hydrogen-bond acceptors (Lipinski definition) is 3. The largest absolute Gasteiger partial charge is 0.340 e. The van der Waals surface area contributed by atoms with Crippen LogP contribution in [0.1, 0.15) is 25.3 Å². The monoisotopic (exact) mass is 285 g/mol. The van der Waals surface area contributed by atoms with Gasteiger partial charge in [-0.3, -0.25) is 4.98 Å². The van der Waals surface area contributed by atoms with Gasteiger partial charge in [-0.15, -0.1) is 0 Å². The van der Waals surface area contributed by atoms with Gasteiger partial charge < -0.3 is 10.2 Å². The molecule has 0 radical (unpaired) electrons. The minimum absolute atomic E-state index is 0.215. The van der Waals surface area contributed by atoms with Crippen molar-refractivity contribution in [1.29, 1.82) is 0 Å². The summed E-state index contributed by atoms with van der Waals surface area (Å²) in [5.41, 5.74) is 3.10. The molecule has 0 unspecified atom stereocenters. The highest BCUT2D eigenvalue weighted by atomic mass is 19.1. The number of pyridine rings is 1. The van der Waals surface area contributed by atoms with Crippen molar-refractivity contribution in [3.8, 4) is 0 Å². The molecule has 1 aliphatic rings. The van der Waals surface area contributed by atoms with Gasteiger partial charge in [0.05, 0.1) is 11.9 Å². The first-order valence-corrected chi connectivity index (χ1v) is 7.47. The van der Waals surface area contributed by atoms with Crippen molar-refractivity contribution in [2.24, 2.45) is 0 Å². The summed E-state index contributed by atoms with van der Waals surface area (Å²) in [6, 6.07) is 9.40. The molecule has 1 heterocycles. The molecule has 1 aromatic heterocycles. The molecular weight excluding hydrogens is 265 g/mol. The van der Waals surface area contributed by atoms with Crippen LogP contribution in [0.2, 0.25) is 0 Å². The highest BCUT2D eigenvalue weighted by Crippen LogP contribution is 2.29. The summed E-state index contributed by atoms with van der Waals surface area (Å²) in [5, 5.41) is 3.53. The van der Waals surface area contributed by atoms with Crippen LogP contribution in [0.4, 0.5) is 15.8 Å². The van der Waals surface area contributed by atoms with E-state index in [1.54, 1.807) is 12.1 Å². The quantitative estimate of drug-likeness (QED) is 0.878. The van der Waals surface area contributed by atoms with Crippen LogP contribution in [0, 0.1) is 5.82 Å². The Bertz CT molecular complexity index is 610. The van der Waals surface area contributed by atoms with Crippen LogP contribution in [0.15, 0.2) is 42.7 Å². The molecular formula is C17H20FN3. The molecule has 0 saturated heterocycles. The van der Waals surface area contributed by atoms with Gasteiger partial charge in [-0.25, -0.2) is 4.39 Å². The average molecular weight is 285 g/mol. The third kappa shape index (κ3) is 3.39. The number of aromatic nitrogens is 1. The third-order valence-corrected chi connectivity index (χ3v) is 3.77. The zero-order valence-corrected chi connectivity index (χ0v) is 12.2. The van der Waals surface area contributed by atoms with Crippen LogP contribution < -0.4 is 10.2 Å². The molecule has 3 nitrogen and oxygen atoms in total. The molecule has 4 heteroatoms. The van der Waals surface area contributed by atoms with E-state index in [0.717, 1.165) is 24.5 Å². The molecule has 2 aromatic rings. The first-order valence-electron chi connectivity index (χ1n) is 7.47. The molecule has 0 atom stereocenters. The summed E-state index contributed by atoms with van der Waals surface area (Å²) in [5.74, 6) is -0.215. The third-order valence-electron chi connectivity index (χ3n) is 3.77. The van der Waals surface area contributed by atoms with Gasteiger partial charge in [0.25, 0.3) is 0 Å². The summed E-state index contributed by atoms with van der Waals surface area (Å²) in [4.78, 5) is 6.34. The fraction of sp³-hybridized carbons (Fsp3) is 0.353. The second kappa shape index (κ2) is 6.22. The zero-order valence-electron chi connectivity index (χ0n) is 12.2. The highest BCUT2D eigenvalue weighted by molar-refractivity contribution is 5.65. The second-order valence-electron chi connectivity index (χ2n) is 5.38. The lowest BCUT2D eigenvalue weighted by Crippen LogP contribution is -2.21. The predicted molar refractivity (Wildman–Crippen MR) is 83.2 cm³/mol. The molecule has 0 aliphatic heterocycles. The van der Waals surface area contributed by atoms with Gasteiger partial charge in [-0.05, 0) is 49.6 Å². The van der Waals surface area contributed by atoms with Crippen LogP contribution in [0.25, 0.3) is 0 Å². The van der Waals surface area contributed by atoms with Crippen LogP contribution in [0.3, 0.4) is 0 Å². The summed E-state index contributed by atoms with van der Waals surface area (Å²) < 4.78 is 13.5. The number of benzene rings is 1. The number of hydrogen-bond donors (Lipinski definition) is 1. The van der Waals surface area contributed by atoms with Gasteiger partial charge in [0.2, 0.25) is 0 Å². The van der Waals surface area contributed by atoms with E-state index in [1.807, 2.05) is 24.5 Å². The van der Waals surface area contributed by atoms with E-state index in [2.05, 4.69) is 22.1 Å². The Morgan fingerprint density at radius 3 is 2.90 bits per heavy atom. The molecule has 0 bridgehead atoms. The average Bonchev–Trinajstić information content (AvgIpc) is 3.31. The number of nitrogens with zero attached hydrogens (tertiary/aromatic N) is 2. The van der Waals surface area contributed by atoms with Crippen molar-refractivity contribution in [1.82, 2.24) is 10.3 Å². The maximum absolute atomic E-state index is 13.5. The Morgan fingerprint density at radius 2 is 2.19 bits per heavy atom. The van der Waals surface area contributed by atoms with Crippen molar-refractivity contribution in [2.75, 3.05) is 11.4 Å².